The van der Waals surface area contributed by atoms with Crippen LogP contribution in [0, 0.1) is 6.92 Å². The van der Waals surface area contributed by atoms with E-state index in [4.69, 9.17) is 11.1 Å². The smallest absolute Gasteiger partial charge is 0.181 e. The van der Waals surface area contributed by atoms with Crippen molar-refractivity contribution in [3.05, 3.63) is 53.1 Å². The number of aromatic nitrogens is 1. The van der Waals surface area contributed by atoms with Crippen molar-refractivity contribution in [3.63, 3.8) is 0 Å². The zero-order valence-corrected chi connectivity index (χ0v) is 15.3. The lowest BCUT2D eigenvalue weighted by Crippen LogP contribution is -2.37. The van der Waals surface area contributed by atoms with Gasteiger partial charge in [0.25, 0.3) is 0 Å². The molecule has 0 radical (unpaired) electrons. The monoisotopic (exact) mass is 325 g/mol. The first kappa shape index (κ1) is 14.1. The minimum Gasteiger partial charge on any atom is -0.343 e. The summed E-state index contributed by atoms with van der Waals surface area (Å²) in [6.45, 7) is 6.60. The Hall–Kier alpha value is -1.51. The van der Waals surface area contributed by atoms with E-state index >= 15 is 0 Å². The molecule has 1 aliphatic carbocycles. The van der Waals surface area contributed by atoms with Crippen molar-refractivity contribution in [1.82, 2.24) is 4.57 Å². The Morgan fingerprint density at radius 1 is 1.09 bits per heavy atom. The fourth-order valence-corrected chi connectivity index (χ4v) is 5.85. The van der Waals surface area contributed by atoms with Crippen LogP contribution in [0.3, 0.4) is 0 Å². The van der Waals surface area contributed by atoms with Gasteiger partial charge in [-0.3, -0.25) is 0 Å². The summed E-state index contributed by atoms with van der Waals surface area (Å²) in [5.74, 6) is 0. The summed E-state index contributed by atoms with van der Waals surface area (Å²) in [7, 11) is 0.347. The van der Waals surface area contributed by atoms with Crippen LogP contribution in [0.2, 0.25) is 13.1 Å². The molecule has 0 saturated carbocycles. The van der Waals surface area contributed by atoms with E-state index in [0.717, 1.165) is 6.42 Å². The van der Waals surface area contributed by atoms with E-state index in [1.807, 2.05) is 0 Å². The van der Waals surface area contributed by atoms with Crippen molar-refractivity contribution in [2.45, 2.75) is 26.4 Å². The molecule has 0 N–H and O–H groups in total. The molecule has 0 atom stereocenters. The third kappa shape index (κ3) is 1.84. The number of hydrogen-bond donors (Lipinski definition) is 0. The molecule has 4 rings (SSSR count). The lowest BCUT2D eigenvalue weighted by Gasteiger charge is -2.18. The molecule has 0 spiro atoms. The molecule has 0 saturated heterocycles. The Morgan fingerprint density at radius 2 is 1.86 bits per heavy atom. The molecule has 3 aromatic rings. The molecule has 0 aliphatic heterocycles. The van der Waals surface area contributed by atoms with Crippen LogP contribution in [0.15, 0.2) is 36.4 Å². The van der Waals surface area contributed by atoms with Gasteiger partial charge in [-0.05, 0) is 35.4 Å². The summed E-state index contributed by atoms with van der Waals surface area (Å²) in [5, 5.41) is 2.79. The quantitative estimate of drug-likeness (QED) is 0.353. The standard InChI is InChI=1S/C19H20ClNSi/c1-12-8-9-17-14(10-12)16-11-15-13(19(16)21(17)2)6-5-7-18(15)22(3,4)20/h5-10H,11H2,1-4H3. The normalized spacial score (nSPS) is 13.5. The maximum atomic E-state index is 6.77. The van der Waals surface area contributed by atoms with Crippen LogP contribution in [0.5, 0.6) is 0 Å². The first-order valence-electron chi connectivity index (χ1n) is 7.77. The molecule has 0 unspecified atom stereocenters. The first-order chi connectivity index (χ1) is 10.4. The van der Waals surface area contributed by atoms with E-state index < -0.39 is 7.38 Å². The second-order valence-corrected chi connectivity index (χ2v) is 13.2. The SMILES string of the molecule is Cc1ccc2c(c1)c1c(n2C)-c2cccc([Si](C)(C)Cl)c2C1. The van der Waals surface area contributed by atoms with Crippen molar-refractivity contribution in [2.24, 2.45) is 7.05 Å². The van der Waals surface area contributed by atoms with Gasteiger partial charge >= 0.3 is 0 Å². The molecule has 1 nitrogen and oxygen atoms in total. The average Bonchev–Trinajstić information content (AvgIpc) is 2.94. The molecule has 0 fully saturated rings. The Balaban J connectivity index is 2.05. The van der Waals surface area contributed by atoms with E-state index in [0.29, 0.717) is 0 Å². The zero-order chi connectivity index (χ0) is 15.6. The molecule has 112 valence electrons. The Bertz CT molecular complexity index is 915. The minimum absolute atomic E-state index is 1.02. The second-order valence-electron chi connectivity index (χ2n) is 6.89. The van der Waals surface area contributed by atoms with Gasteiger partial charge in [-0.1, -0.05) is 42.9 Å². The first-order valence-corrected chi connectivity index (χ1v) is 11.8. The van der Waals surface area contributed by atoms with Crippen LogP contribution < -0.4 is 5.19 Å². The van der Waals surface area contributed by atoms with E-state index in [1.54, 1.807) is 0 Å². The summed E-state index contributed by atoms with van der Waals surface area (Å²) in [4.78, 5) is 0. The molecule has 22 heavy (non-hydrogen) atoms. The van der Waals surface area contributed by atoms with Crippen molar-refractivity contribution in [3.8, 4) is 11.3 Å². The van der Waals surface area contributed by atoms with Crippen molar-refractivity contribution < 1.29 is 0 Å². The maximum Gasteiger partial charge on any atom is 0.181 e. The number of rotatable bonds is 1. The minimum atomic E-state index is -1.84. The number of hydrogen-bond acceptors (Lipinski definition) is 0. The predicted molar refractivity (Wildman–Crippen MR) is 98.9 cm³/mol. The van der Waals surface area contributed by atoms with E-state index in [-0.39, 0.29) is 0 Å². The Morgan fingerprint density at radius 3 is 2.59 bits per heavy atom. The summed E-state index contributed by atoms with van der Waals surface area (Å²) in [6.07, 6.45) is 1.02. The lowest BCUT2D eigenvalue weighted by atomic mass is 10.1. The number of halogens is 1. The predicted octanol–water partition coefficient (Wildman–Crippen LogP) is 4.71. The van der Waals surface area contributed by atoms with Gasteiger partial charge in [-0.2, -0.15) is 11.1 Å². The van der Waals surface area contributed by atoms with Crippen LogP contribution in [-0.4, -0.2) is 12.0 Å². The Kier molecular flexibility index (Phi) is 2.88. The van der Waals surface area contributed by atoms with E-state index in [9.17, 15) is 0 Å². The largest absolute Gasteiger partial charge is 0.343 e. The number of nitrogens with zero attached hydrogens (tertiary/aromatic N) is 1. The highest BCUT2D eigenvalue weighted by atomic mass is 35.6. The van der Waals surface area contributed by atoms with Gasteiger partial charge in [0.15, 0.2) is 7.38 Å². The van der Waals surface area contributed by atoms with Gasteiger partial charge in [-0.25, -0.2) is 0 Å². The van der Waals surface area contributed by atoms with Crippen molar-refractivity contribution >= 4 is 34.6 Å². The molecular formula is C19H20ClNSi. The Labute approximate surface area is 137 Å². The van der Waals surface area contributed by atoms with Gasteiger partial charge in [0, 0.05) is 29.9 Å². The summed E-state index contributed by atoms with van der Waals surface area (Å²) in [6, 6.07) is 13.4. The molecule has 1 aliphatic rings. The number of benzene rings is 2. The lowest BCUT2D eigenvalue weighted by molar-refractivity contribution is 0.978. The van der Waals surface area contributed by atoms with Crippen molar-refractivity contribution in [1.29, 1.82) is 0 Å². The third-order valence-electron chi connectivity index (χ3n) is 4.88. The van der Waals surface area contributed by atoms with E-state index in [2.05, 4.69) is 68.0 Å². The van der Waals surface area contributed by atoms with Crippen LogP contribution in [-0.2, 0) is 13.5 Å². The maximum absolute atomic E-state index is 6.77. The van der Waals surface area contributed by atoms with Crippen molar-refractivity contribution in [2.75, 3.05) is 0 Å². The van der Waals surface area contributed by atoms with Gasteiger partial charge in [0.05, 0.1) is 5.69 Å². The highest BCUT2D eigenvalue weighted by Gasteiger charge is 2.32. The van der Waals surface area contributed by atoms with Crippen LogP contribution >= 0.6 is 11.1 Å². The summed E-state index contributed by atoms with van der Waals surface area (Å²) in [5.41, 5.74) is 8.34. The fraction of sp³-hybridized carbons (Fsp3) is 0.263. The van der Waals surface area contributed by atoms with Crippen LogP contribution in [0.1, 0.15) is 16.7 Å². The molecule has 3 heteroatoms. The molecule has 0 amide bonds. The summed E-state index contributed by atoms with van der Waals surface area (Å²) >= 11 is 6.77. The molecule has 1 heterocycles. The molecule has 2 aromatic carbocycles. The van der Waals surface area contributed by atoms with Gasteiger partial charge in [-0.15, -0.1) is 0 Å². The average molecular weight is 326 g/mol. The van der Waals surface area contributed by atoms with E-state index in [1.165, 1.54) is 44.0 Å². The van der Waals surface area contributed by atoms with Gasteiger partial charge in [0.1, 0.15) is 0 Å². The number of fused-ring (bicyclic) bond motifs is 5. The zero-order valence-electron chi connectivity index (χ0n) is 13.5. The third-order valence-corrected chi connectivity index (χ3v) is 7.25. The molecular weight excluding hydrogens is 306 g/mol. The highest BCUT2D eigenvalue weighted by molar-refractivity contribution is 7.26. The number of aryl methyl sites for hydroxylation is 2. The van der Waals surface area contributed by atoms with Gasteiger partial charge in [0.2, 0.25) is 0 Å². The summed E-state index contributed by atoms with van der Waals surface area (Å²) < 4.78 is 2.35. The van der Waals surface area contributed by atoms with Crippen LogP contribution in [0.25, 0.3) is 22.2 Å². The fourth-order valence-electron chi connectivity index (χ4n) is 3.89. The molecule has 0 bridgehead atoms. The second kappa shape index (κ2) is 4.50. The topological polar surface area (TPSA) is 4.93 Å². The molecule has 1 aromatic heterocycles. The van der Waals surface area contributed by atoms with Crippen LogP contribution in [0.4, 0.5) is 0 Å². The highest BCUT2D eigenvalue weighted by Crippen LogP contribution is 2.42. The van der Waals surface area contributed by atoms with Gasteiger partial charge < -0.3 is 4.57 Å².